The minimum Gasteiger partial charge on any atom is -0.455 e. The molecule has 0 saturated heterocycles. The maximum Gasteiger partial charge on any atom is 0.143 e. The normalized spacial score (nSPS) is 17.5. The van der Waals surface area contributed by atoms with Gasteiger partial charge in [0.25, 0.3) is 0 Å². The Morgan fingerprint density at radius 1 is 0.382 bits per heavy atom. The highest BCUT2D eigenvalue weighted by molar-refractivity contribution is 6.24. The van der Waals surface area contributed by atoms with Crippen LogP contribution in [0.1, 0.15) is 31.5 Å². The molecule has 0 atom stereocenters. The van der Waals surface area contributed by atoms with Crippen molar-refractivity contribution < 1.29 is 40.4 Å². The number of fused-ring (bicyclic) bond motifs is 8. The zero-order chi connectivity index (χ0) is 56.3. The highest BCUT2D eigenvalue weighted by Gasteiger charge is 2.23. The Hall–Kier alpha value is -7.36. The molecule has 3 heteroatoms. The van der Waals surface area contributed by atoms with E-state index in [-0.39, 0.29) is 107 Å². The van der Waals surface area contributed by atoms with Gasteiger partial charge >= 0.3 is 0 Å². The van der Waals surface area contributed by atoms with Crippen molar-refractivity contribution in [1.29, 1.82) is 0 Å². The molecule has 0 radical (unpaired) electrons. The molecule has 0 saturated carbocycles. The fraction of sp³-hybridized carbons (Fsp3) is 0. The van der Waals surface area contributed by atoms with E-state index in [1.54, 1.807) is 0 Å². The van der Waals surface area contributed by atoms with Crippen LogP contribution < -0.4 is 4.90 Å². The summed E-state index contributed by atoms with van der Waals surface area (Å²) in [5.74, 6) is 0. The lowest BCUT2D eigenvalue weighted by Gasteiger charge is -2.26. The van der Waals surface area contributed by atoms with Crippen LogP contribution in [0.2, 0.25) is 0 Å². The second kappa shape index (κ2) is 12.6. The van der Waals surface area contributed by atoms with E-state index in [1.165, 1.54) is 36.4 Å². The van der Waals surface area contributed by atoms with Gasteiger partial charge in [-0.25, -0.2) is 0 Å². The molecular weight excluding hydrogens is 671 g/mol. The van der Waals surface area contributed by atoms with Crippen molar-refractivity contribution in [2.75, 3.05) is 4.90 Å². The van der Waals surface area contributed by atoms with E-state index in [1.807, 2.05) is 0 Å². The van der Waals surface area contributed by atoms with Crippen molar-refractivity contribution in [3.63, 3.8) is 0 Å². The van der Waals surface area contributed by atoms with Crippen LogP contribution in [-0.2, 0) is 0 Å². The van der Waals surface area contributed by atoms with Crippen molar-refractivity contribution in [3.8, 4) is 33.4 Å². The molecule has 2 heterocycles. The summed E-state index contributed by atoms with van der Waals surface area (Å²) >= 11 is 0. The molecule has 2 aromatic heterocycles. The van der Waals surface area contributed by atoms with Gasteiger partial charge in [0.05, 0.1) is 42.6 Å². The molecule has 258 valence electrons. The van der Waals surface area contributed by atoms with E-state index in [2.05, 4.69) is 0 Å². The first-order valence-corrected chi connectivity index (χ1v) is 16.8. The number of hydrogen-bond donors (Lipinski definition) is 0. The molecule has 11 aromatic rings. The fourth-order valence-corrected chi connectivity index (χ4v) is 6.73. The number of para-hydroxylation sites is 2. The number of hydrogen-bond acceptors (Lipinski definition) is 3. The van der Waals surface area contributed by atoms with Crippen molar-refractivity contribution in [1.82, 2.24) is 0 Å². The van der Waals surface area contributed by atoms with Gasteiger partial charge in [-0.05, 0) is 81.6 Å². The Morgan fingerprint density at radius 2 is 1.09 bits per heavy atom. The average molecular weight is 727 g/mol. The minimum atomic E-state index is -0.938. The van der Waals surface area contributed by atoms with Gasteiger partial charge in [-0.3, -0.25) is 0 Å². The van der Waals surface area contributed by atoms with E-state index in [9.17, 15) is 12.3 Å². The molecule has 0 fully saturated rings. The van der Waals surface area contributed by atoms with Gasteiger partial charge in [0.15, 0.2) is 0 Å². The molecule has 3 nitrogen and oxygen atoms in total. The van der Waals surface area contributed by atoms with Crippen LogP contribution in [0.4, 0.5) is 17.1 Å². The van der Waals surface area contributed by atoms with Crippen LogP contribution in [0.25, 0.3) is 88.0 Å². The van der Waals surface area contributed by atoms with E-state index >= 15 is 0 Å². The third-order valence-electron chi connectivity index (χ3n) is 9.16. The van der Waals surface area contributed by atoms with Crippen LogP contribution in [0.5, 0.6) is 0 Å². The monoisotopic (exact) mass is 726 g/mol. The largest absolute Gasteiger partial charge is 0.455 e. The lowest BCUT2D eigenvalue weighted by Crippen LogP contribution is -2.10. The van der Waals surface area contributed by atoms with Crippen LogP contribution in [0.15, 0.2) is 208 Å². The number of benzene rings is 9. The zero-order valence-corrected chi connectivity index (χ0v) is 28.0. The van der Waals surface area contributed by atoms with Crippen LogP contribution in [0.3, 0.4) is 0 Å². The quantitative estimate of drug-likeness (QED) is 0.171. The standard InChI is InChI=1S/C52H33NO2/c1-3-13-34(14-4-1)36-25-29-38(30-26-36)53(39-31-27-37(28-32-39)35-15-5-2-6-16-35)47-22-12-24-49-50(47)46-33-45(40-17-7-8-19-42(40)52(46)55-49)44-21-11-20-43-41-18-9-10-23-48(41)54-51(43)44/h1-33H/i1D,2D,3D,4D,5D,7D,8D,10D,13D,14D,15D,16D,18D,20D,22D,24D,25D,27D,29D,30D,31D,32D,33D. The Bertz CT molecular complexity index is 4540. The topological polar surface area (TPSA) is 29.5 Å². The molecule has 11 rings (SSSR count). The van der Waals surface area contributed by atoms with Crippen LogP contribution in [0, 0.1) is 0 Å². The lowest BCUT2D eigenvalue weighted by molar-refractivity contribution is 0.670. The highest BCUT2D eigenvalue weighted by atomic mass is 16.3. The van der Waals surface area contributed by atoms with Crippen molar-refractivity contribution >= 4 is 71.7 Å². The summed E-state index contributed by atoms with van der Waals surface area (Å²) < 4.78 is 219. The molecule has 0 bridgehead atoms. The van der Waals surface area contributed by atoms with Crippen molar-refractivity contribution in [3.05, 3.63) is 200 Å². The molecule has 9 aromatic carbocycles. The molecule has 0 spiro atoms. The lowest BCUT2D eigenvalue weighted by atomic mass is 9.94. The molecule has 0 aliphatic rings. The van der Waals surface area contributed by atoms with E-state index in [4.69, 9.17) is 28.0 Å². The minimum absolute atomic E-state index is 0.00791. The summed E-state index contributed by atoms with van der Waals surface area (Å²) in [6.45, 7) is 0. The number of anilines is 3. The number of rotatable bonds is 6. The molecule has 0 N–H and O–H groups in total. The number of nitrogens with zero attached hydrogens (tertiary/aromatic N) is 1. The Kier molecular flexibility index (Phi) is 3.66. The SMILES string of the molecule is [2H]c1cc([2H])c2c(c1)oc1c(-c3c([2H])c4c(oc5c([2H])cc([2H])c(N(c6c([2H])cc(-c7c([2H])cc([2H])c([2H])c7[2H])c([2H])c6[2H])c6c([2H])cc(-c7c([2H])c([2H])c([2H])c([2H])c7[2H])c([2H])c6[2H])c54)c4cc([2H])c([2H])cc34)ccc([2H])c12. The van der Waals surface area contributed by atoms with Gasteiger partial charge in [0.2, 0.25) is 0 Å². The summed E-state index contributed by atoms with van der Waals surface area (Å²) in [6, 6.07) is -1.66. The number of furan rings is 2. The summed E-state index contributed by atoms with van der Waals surface area (Å²) in [5.41, 5.74) is -4.07. The Morgan fingerprint density at radius 3 is 1.91 bits per heavy atom. The second-order valence-electron chi connectivity index (χ2n) is 12.2. The summed E-state index contributed by atoms with van der Waals surface area (Å²) in [5, 5.41) is 0.00277. The average Bonchev–Trinajstić information content (AvgIpc) is 4.17. The highest BCUT2D eigenvalue weighted by Crippen LogP contribution is 2.48. The molecule has 55 heavy (non-hydrogen) atoms. The predicted molar refractivity (Wildman–Crippen MR) is 229 cm³/mol. The fourth-order valence-electron chi connectivity index (χ4n) is 6.73. The van der Waals surface area contributed by atoms with Gasteiger partial charge < -0.3 is 13.7 Å². The second-order valence-corrected chi connectivity index (χ2v) is 12.2. The zero-order valence-electron chi connectivity index (χ0n) is 51.0. The van der Waals surface area contributed by atoms with Crippen molar-refractivity contribution in [2.45, 2.75) is 0 Å². The predicted octanol–water partition coefficient (Wildman–Crippen LogP) is 15.1. The van der Waals surface area contributed by atoms with Gasteiger partial charge in [-0.2, -0.15) is 0 Å². The third kappa shape index (κ3) is 5.13. The molecular formula is C52H33NO2. The maximum atomic E-state index is 10.2. The van der Waals surface area contributed by atoms with Gasteiger partial charge in [0, 0.05) is 38.5 Å². The molecule has 0 aliphatic carbocycles. The van der Waals surface area contributed by atoms with Gasteiger partial charge in [-0.15, -0.1) is 0 Å². The first-order chi connectivity index (χ1) is 36.8. The van der Waals surface area contributed by atoms with E-state index in [0.29, 0.717) is 0 Å². The first-order valence-electron chi connectivity index (χ1n) is 28.3. The van der Waals surface area contributed by atoms with Gasteiger partial charge in [0.1, 0.15) is 22.3 Å². The Balaban J connectivity index is 1.32. The van der Waals surface area contributed by atoms with Crippen LogP contribution >= 0.6 is 0 Å². The summed E-state index contributed by atoms with van der Waals surface area (Å²) in [6.07, 6.45) is 0. The van der Waals surface area contributed by atoms with Gasteiger partial charge in [-0.1, -0.05) is 151 Å². The third-order valence-corrected chi connectivity index (χ3v) is 9.16. The molecule has 0 amide bonds. The van der Waals surface area contributed by atoms with E-state index in [0.717, 1.165) is 29.2 Å². The summed E-state index contributed by atoms with van der Waals surface area (Å²) in [7, 11) is 0. The first kappa shape index (κ1) is 15.9. The smallest absolute Gasteiger partial charge is 0.143 e. The van der Waals surface area contributed by atoms with Crippen LogP contribution in [-0.4, -0.2) is 0 Å². The molecule has 0 aliphatic heterocycles. The van der Waals surface area contributed by atoms with E-state index < -0.39 is 137 Å². The molecule has 0 unspecified atom stereocenters. The van der Waals surface area contributed by atoms with Crippen molar-refractivity contribution in [2.24, 2.45) is 0 Å². The Labute approximate surface area is 350 Å². The maximum absolute atomic E-state index is 10.2. The summed E-state index contributed by atoms with van der Waals surface area (Å²) in [4.78, 5) is 0.846.